The predicted octanol–water partition coefficient (Wildman–Crippen LogP) is 1.32. The second-order valence-corrected chi connectivity index (χ2v) is 3.25. The van der Waals surface area contributed by atoms with Crippen molar-refractivity contribution in [1.29, 1.82) is 0 Å². The lowest BCUT2D eigenvalue weighted by Crippen LogP contribution is -2.18. The van der Waals surface area contributed by atoms with E-state index in [1.165, 1.54) is 0 Å². The highest BCUT2D eigenvalue weighted by molar-refractivity contribution is 5.28. The second kappa shape index (κ2) is 6.19. The van der Waals surface area contributed by atoms with Gasteiger partial charge in [-0.3, -0.25) is 0 Å². The van der Waals surface area contributed by atoms with Gasteiger partial charge < -0.3 is 14.8 Å². The third-order valence-corrected chi connectivity index (χ3v) is 1.97. The van der Waals surface area contributed by atoms with Gasteiger partial charge in [0.05, 0.1) is 7.11 Å². The molecule has 1 aromatic rings. The average Bonchev–Trinajstić information content (AvgIpc) is 2.26. The fraction of sp³-hybridized carbons (Fsp3) is 0.600. The molecule has 5 heteroatoms. The molecule has 0 aliphatic rings. The van der Waals surface area contributed by atoms with Crippen LogP contribution < -0.4 is 10.1 Å². The number of anilines is 1. The molecule has 1 heterocycles. The van der Waals surface area contributed by atoms with Crippen LogP contribution in [-0.4, -0.2) is 36.8 Å². The average molecular weight is 211 g/mol. The normalized spacial score (nSPS) is 12.2. The smallest absolute Gasteiger partial charge is 0.226 e. The van der Waals surface area contributed by atoms with Gasteiger partial charge in [-0.2, -0.15) is 4.98 Å². The Labute approximate surface area is 89.8 Å². The van der Waals surface area contributed by atoms with Crippen molar-refractivity contribution in [2.45, 2.75) is 19.4 Å². The number of aromatic nitrogens is 2. The summed E-state index contributed by atoms with van der Waals surface area (Å²) < 4.78 is 9.99. The minimum Gasteiger partial charge on any atom is -0.481 e. The molecule has 0 saturated heterocycles. The Kier molecular flexibility index (Phi) is 4.83. The van der Waals surface area contributed by atoms with Crippen LogP contribution in [-0.2, 0) is 4.74 Å². The van der Waals surface area contributed by atoms with Crippen molar-refractivity contribution in [3.05, 3.63) is 12.3 Å². The van der Waals surface area contributed by atoms with E-state index in [0.29, 0.717) is 11.8 Å². The van der Waals surface area contributed by atoms with Crippen LogP contribution in [0.5, 0.6) is 5.88 Å². The summed E-state index contributed by atoms with van der Waals surface area (Å²) in [6.45, 7) is 2.78. The van der Waals surface area contributed by atoms with Gasteiger partial charge in [-0.05, 0) is 13.3 Å². The fourth-order valence-corrected chi connectivity index (χ4v) is 1.11. The topological polar surface area (TPSA) is 56.3 Å². The zero-order valence-corrected chi connectivity index (χ0v) is 9.36. The van der Waals surface area contributed by atoms with Gasteiger partial charge >= 0.3 is 0 Å². The van der Waals surface area contributed by atoms with E-state index >= 15 is 0 Å². The van der Waals surface area contributed by atoms with Crippen molar-refractivity contribution in [3.63, 3.8) is 0 Å². The first-order chi connectivity index (χ1) is 7.26. The summed E-state index contributed by atoms with van der Waals surface area (Å²) in [5.74, 6) is 1.14. The first kappa shape index (κ1) is 11.7. The first-order valence-corrected chi connectivity index (χ1v) is 4.88. The van der Waals surface area contributed by atoms with Crippen LogP contribution in [0.4, 0.5) is 5.95 Å². The summed E-state index contributed by atoms with van der Waals surface area (Å²) in [6.07, 6.45) is 2.58. The molecule has 0 saturated carbocycles. The highest BCUT2D eigenvalue weighted by Crippen LogP contribution is 2.08. The van der Waals surface area contributed by atoms with Gasteiger partial charge in [0, 0.05) is 32.0 Å². The zero-order chi connectivity index (χ0) is 11.1. The lowest BCUT2D eigenvalue weighted by molar-refractivity contribution is 0.191. The number of hydrogen-bond acceptors (Lipinski definition) is 5. The molecule has 0 aliphatic heterocycles. The van der Waals surface area contributed by atoms with E-state index in [-0.39, 0.29) is 6.04 Å². The third kappa shape index (κ3) is 4.12. The zero-order valence-electron chi connectivity index (χ0n) is 9.36. The molecular formula is C10H17N3O2. The SMILES string of the molecule is COCCC(C)Nc1nccc(OC)n1. The molecule has 15 heavy (non-hydrogen) atoms. The lowest BCUT2D eigenvalue weighted by Gasteiger charge is -2.13. The number of methoxy groups -OCH3 is 2. The standard InChI is InChI=1S/C10H17N3O2/c1-8(5-7-14-2)12-10-11-6-4-9(13-10)15-3/h4,6,8H,5,7H2,1-3H3,(H,11,12,13). The Bertz CT molecular complexity index is 294. The molecule has 0 aromatic carbocycles. The second-order valence-electron chi connectivity index (χ2n) is 3.25. The predicted molar refractivity (Wildman–Crippen MR) is 58.2 cm³/mol. The minimum atomic E-state index is 0.275. The van der Waals surface area contributed by atoms with Gasteiger partial charge in [0.2, 0.25) is 11.8 Å². The Morgan fingerprint density at radius 3 is 2.93 bits per heavy atom. The van der Waals surface area contributed by atoms with E-state index in [4.69, 9.17) is 9.47 Å². The monoisotopic (exact) mass is 211 g/mol. The molecule has 1 N–H and O–H groups in total. The molecule has 0 fully saturated rings. The Morgan fingerprint density at radius 1 is 1.47 bits per heavy atom. The largest absolute Gasteiger partial charge is 0.481 e. The Balaban J connectivity index is 2.48. The number of nitrogens with zero attached hydrogens (tertiary/aromatic N) is 2. The van der Waals surface area contributed by atoms with Crippen molar-refractivity contribution in [1.82, 2.24) is 9.97 Å². The molecule has 0 bridgehead atoms. The Hall–Kier alpha value is -1.36. The van der Waals surface area contributed by atoms with Crippen LogP contribution in [0.3, 0.4) is 0 Å². The summed E-state index contributed by atoms with van der Waals surface area (Å²) >= 11 is 0. The molecule has 0 radical (unpaired) electrons. The number of ether oxygens (including phenoxy) is 2. The van der Waals surface area contributed by atoms with Crippen LogP contribution in [0.15, 0.2) is 12.3 Å². The maximum Gasteiger partial charge on any atom is 0.226 e. The van der Waals surface area contributed by atoms with Gasteiger partial charge in [-0.25, -0.2) is 4.98 Å². The van der Waals surface area contributed by atoms with E-state index in [2.05, 4.69) is 22.2 Å². The molecule has 5 nitrogen and oxygen atoms in total. The van der Waals surface area contributed by atoms with Crippen LogP contribution in [0.2, 0.25) is 0 Å². The van der Waals surface area contributed by atoms with Crippen LogP contribution in [0.1, 0.15) is 13.3 Å². The maximum atomic E-state index is 5.00. The third-order valence-electron chi connectivity index (χ3n) is 1.97. The van der Waals surface area contributed by atoms with Gasteiger partial charge in [-0.1, -0.05) is 0 Å². The summed E-state index contributed by atoms with van der Waals surface area (Å²) in [5, 5.41) is 3.17. The fourth-order valence-electron chi connectivity index (χ4n) is 1.11. The van der Waals surface area contributed by atoms with E-state index < -0.39 is 0 Å². The molecule has 0 aliphatic carbocycles. The van der Waals surface area contributed by atoms with E-state index in [1.54, 1.807) is 26.5 Å². The highest BCUT2D eigenvalue weighted by atomic mass is 16.5. The van der Waals surface area contributed by atoms with Gasteiger partial charge in [0.1, 0.15) is 0 Å². The van der Waals surface area contributed by atoms with Crippen LogP contribution in [0.25, 0.3) is 0 Å². The summed E-state index contributed by atoms with van der Waals surface area (Å²) in [5.41, 5.74) is 0. The molecule has 1 atom stereocenters. The van der Waals surface area contributed by atoms with E-state index in [9.17, 15) is 0 Å². The summed E-state index contributed by atoms with van der Waals surface area (Å²) in [6, 6.07) is 1.99. The highest BCUT2D eigenvalue weighted by Gasteiger charge is 2.04. The summed E-state index contributed by atoms with van der Waals surface area (Å²) in [7, 11) is 3.27. The number of nitrogens with one attached hydrogen (secondary N) is 1. The van der Waals surface area contributed by atoms with Gasteiger partial charge in [-0.15, -0.1) is 0 Å². The summed E-state index contributed by atoms with van der Waals surface area (Å²) in [4.78, 5) is 8.25. The van der Waals surface area contributed by atoms with Crippen molar-refractivity contribution in [3.8, 4) is 5.88 Å². The quantitative estimate of drug-likeness (QED) is 0.769. The molecule has 1 aromatic heterocycles. The molecule has 0 amide bonds. The van der Waals surface area contributed by atoms with Crippen molar-refractivity contribution in [2.24, 2.45) is 0 Å². The van der Waals surface area contributed by atoms with Crippen molar-refractivity contribution < 1.29 is 9.47 Å². The van der Waals surface area contributed by atoms with Crippen molar-refractivity contribution >= 4 is 5.95 Å². The number of rotatable bonds is 6. The number of hydrogen-bond donors (Lipinski definition) is 1. The van der Waals surface area contributed by atoms with Crippen LogP contribution in [0, 0.1) is 0 Å². The van der Waals surface area contributed by atoms with E-state index in [0.717, 1.165) is 13.0 Å². The van der Waals surface area contributed by atoms with Gasteiger partial charge in [0.15, 0.2) is 0 Å². The van der Waals surface area contributed by atoms with Gasteiger partial charge in [0.25, 0.3) is 0 Å². The minimum absolute atomic E-state index is 0.275. The molecule has 1 rings (SSSR count). The Morgan fingerprint density at radius 2 is 2.27 bits per heavy atom. The molecule has 1 unspecified atom stereocenters. The molecule has 84 valence electrons. The molecular weight excluding hydrogens is 194 g/mol. The van der Waals surface area contributed by atoms with Crippen LogP contribution >= 0.6 is 0 Å². The lowest BCUT2D eigenvalue weighted by atomic mass is 10.2. The van der Waals surface area contributed by atoms with E-state index in [1.807, 2.05) is 0 Å². The molecule has 0 spiro atoms. The first-order valence-electron chi connectivity index (χ1n) is 4.88. The maximum absolute atomic E-state index is 5.00. The van der Waals surface area contributed by atoms with Crippen molar-refractivity contribution in [2.75, 3.05) is 26.1 Å².